The average Bonchev–Trinajstić information content (AvgIpc) is 2.88. The van der Waals surface area contributed by atoms with Crippen molar-refractivity contribution in [2.45, 2.75) is 58.5 Å². The number of hydrogen-bond donors (Lipinski definition) is 1. The minimum atomic E-state index is -0.621. The second kappa shape index (κ2) is 11.3. The van der Waals surface area contributed by atoms with Gasteiger partial charge in [-0.3, -0.25) is 9.79 Å². The molecule has 1 saturated carbocycles. The Bertz CT molecular complexity index is 1290. The number of esters is 1. The SMILES string of the molecule is CCOc1cc([C@@H]2C(C(=O)OC(C)C)=C(C)N=C3C[C@H](c4ccc(OC)c(OC)c4)CC(=O)C32)ccc1O. The van der Waals surface area contributed by atoms with E-state index in [0.717, 1.165) is 11.3 Å². The summed E-state index contributed by atoms with van der Waals surface area (Å²) < 4.78 is 22.0. The van der Waals surface area contributed by atoms with Crippen LogP contribution in [-0.4, -0.2) is 49.5 Å². The molecular weight excluding hydrogens is 486 g/mol. The Morgan fingerprint density at radius 2 is 1.68 bits per heavy atom. The standard InChI is InChI=1S/C30H35NO7/c1-7-37-25-15-19(8-10-22(25)32)28-27(30(34)38-16(2)3)17(4)31-21-12-20(13-23(33)29(21)28)18-9-11-24(35-5)26(14-18)36-6/h8-11,14-16,20,28-29,32H,7,12-13H2,1-6H3/t20-,28+,29?/m0/s1. The third kappa shape index (κ3) is 5.26. The van der Waals surface area contributed by atoms with Crippen molar-refractivity contribution in [1.29, 1.82) is 0 Å². The second-order valence-electron chi connectivity index (χ2n) is 9.86. The van der Waals surface area contributed by atoms with Crippen LogP contribution in [0.15, 0.2) is 52.7 Å². The molecule has 0 bridgehead atoms. The smallest absolute Gasteiger partial charge is 0.336 e. The summed E-state index contributed by atoms with van der Waals surface area (Å²) in [4.78, 5) is 32.0. The highest BCUT2D eigenvalue weighted by Gasteiger charge is 2.46. The Morgan fingerprint density at radius 1 is 1.00 bits per heavy atom. The van der Waals surface area contributed by atoms with Crippen LogP contribution in [0.3, 0.4) is 0 Å². The first-order valence-corrected chi connectivity index (χ1v) is 12.9. The number of aromatic hydroxyl groups is 1. The quantitative estimate of drug-likeness (QED) is 0.468. The maximum absolute atomic E-state index is 13.9. The lowest BCUT2D eigenvalue weighted by molar-refractivity contribution is -0.143. The highest BCUT2D eigenvalue weighted by molar-refractivity contribution is 6.12. The monoisotopic (exact) mass is 521 g/mol. The maximum atomic E-state index is 13.9. The van der Waals surface area contributed by atoms with Gasteiger partial charge in [0, 0.05) is 23.7 Å². The van der Waals surface area contributed by atoms with Crippen molar-refractivity contribution in [1.82, 2.24) is 0 Å². The molecule has 0 radical (unpaired) electrons. The fourth-order valence-corrected chi connectivity index (χ4v) is 5.42. The summed E-state index contributed by atoms with van der Waals surface area (Å²) in [6.07, 6.45) is 0.518. The van der Waals surface area contributed by atoms with E-state index in [1.54, 1.807) is 47.1 Å². The third-order valence-corrected chi connectivity index (χ3v) is 7.04. The van der Waals surface area contributed by atoms with E-state index in [4.69, 9.17) is 23.9 Å². The molecule has 38 heavy (non-hydrogen) atoms. The summed E-state index contributed by atoms with van der Waals surface area (Å²) in [5.74, 6) is -0.295. The third-order valence-electron chi connectivity index (χ3n) is 7.04. The predicted molar refractivity (Wildman–Crippen MR) is 143 cm³/mol. The van der Waals surface area contributed by atoms with Gasteiger partial charge in [0.15, 0.2) is 23.0 Å². The number of Topliss-reactive ketones (excluding diaryl/α,β-unsaturated/α-hetero) is 1. The van der Waals surface area contributed by atoms with Crippen LogP contribution >= 0.6 is 0 Å². The Morgan fingerprint density at radius 3 is 2.34 bits per heavy atom. The molecule has 1 N–H and O–H groups in total. The summed E-state index contributed by atoms with van der Waals surface area (Å²) >= 11 is 0. The summed E-state index contributed by atoms with van der Waals surface area (Å²) in [5.41, 5.74) is 3.27. The zero-order chi connectivity index (χ0) is 27.6. The number of phenols is 1. The molecule has 8 heteroatoms. The number of fused-ring (bicyclic) bond motifs is 1. The minimum Gasteiger partial charge on any atom is -0.504 e. The first-order chi connectivity index (χ1) is 18.2. The van der Waals surface area contributed by atoms with Crippen molar-refractivity contribution < 1.29 is 33.6 Å². The number of nitrogens with zero attached hydrogens (tertiary/aromatic N) is 1. The molecule has 1 heterocycles. The van der Waals surface area contributed by atoms with Crippen LogP contribution in [0.25, 0.3) is 0 Å². The Labute approximate surface area is 223 Å². The van der Waals surface area contributed by atoms with E-state index in [9.17, 15) is 14.7 Å². The summed E-state index contributed by atoms with van der Waals surface area (Å²) in [6.45, 7) is 7.54. The van der Waals surface area contributed by atoms with Crippen LogP contribution in [0.1, 0.15) is 63.5 Å². The molecule has 4 rings (SSSR count). The number of allylic oxidation sites excluding steroid dienone is 1. The predicted octanol–water partition coefficient (Wildman–Crippen LogP) is 5.33. The lowest BCUT2D eigenvalue weighted by Crippen LogP contribution is -2.41. The molecule has 202 valence electrons. The van der Waals surface area contributed by atoms with Crippen LogP contribution in [0.4, 0.5) is 0 Å². The van der Waals surface area contributed by atoms with Crippen LogP contribution in [0.2, 0.25) is 0 Å². The molecule has 2 aliphatic rings. The first-order valence-electron chi connectivity index (χ1n) is 12.9. The fraction of sp³-hybridized carbons (Fsp3) is 0.433. The maximum Gasteiger partial charge on any atom is 0.336 e. The number of phenolic OH excluding ortho intramolecular Hbond substituents is 1. The van der Waals surface area contributed by atoms with Crippen LogP contribution < -0.4 is 14.2 Å². The molecule has 2 aromatic carbocycles. The van der Waals surface area contributed by atoms with Crippen molar-refractivity contribution in [3.63, 3.8) is 0 Å². The number of carbonyl (C=O) groups excluding carboxylic acids is 2. The van der Waals surface area contributed by atoms with Crippen molar-refractivity contribution in [2.75, 3.05) is 20.8 Å². The number of carbonyl (C=O) groups is 2. The Balaban J connectivity index is 1.79. The number of benzene rings is 2. The molecule has 1 aliphatic carbocycles. The van der Waals surface area contributed by atoms with Gasteiger partial charge in [0.1, 0.15) is 5.78 Å². The van der Waals surface area contributed by atoms with Gasteiger partial charge in [-0.15, -0.1) is 0 Å². The van der Waals surface area contributed by atoms with Gasteiger partial charge < -0.3 is 24.1 Å². The molecule has 1 fully saturated rings. The van der Waals surface area contributed by atoms with E-state index < -0.39 is 17.8 Å². The zero-order valence-electron chi connectivity index (χ0n) is 22.7. The summed E-state index contributed by atoms with van der Waals surface area (Å²) in [6, 6.07) is 10.7. The van der Waals surface area contributed by atoms with E-state index in [2.05, 4.69) is 0 Å². The molecule has 8 nitrogen and oxygen atoms in total. The number of ether oxygens (including phenoxy) is 4. The van der Waals surface area contributed by atoms with Gasteiger partial charge >= 0.3 is 5.97 Å². The van der Waals surface area contributed by atoms with E-state index in [-0.39, 0.29) is 30.0 Å². The van der Waals surface area contributed by atoms with Crippen molar-refractivity contribution in [3.8, 4) is 23.0 Å². The molecule has 0 spiro atoms. The van der Waals surface area contributed by atoms with Gasteiger partial charge in [-0.2, -0.15) is 0 Å². The molecule has 0 aromatic heterocycles. The number of aliphatic imine (C=N–C) groups is 1. The fourth-order valence-electron chi connectivity index (χ4n) is 5.42. The van der Waals surface area contributed by atoms with Gasteiger partial charge in [-0.25, -0.2) is 4.79 Å². The average molecular weight is 522 g/mol. The number of ketones is 1. The van der Waals surface area contributed by atoms with Gasteiger partial charge in [0.2, 0.25) is 0 Å². The molecule has 0 amide bonds. The van der Waals surface area contributed by atoms with E-state index in [0.29, 0.717) is 47.1 Å². The topological polar surface area (TPSA) is 104 Å². The normalized spacial score (nSPS) is 21.1. The lowest BCUT2D eigenvalue weighted by Gasteiger charge is -2.38. The Kier molecular flexibility index (Phi) is 8.09. The van der Waals surface area contributed by atoms with Gasteiger partial charge in [-0.05, 0) is 75.4 Å². The Hall–Kier alpha value is -3.81. The van der Waals surface area contributed by atoms with Crippen molar-refractivity contribution in [2.24, 2.45) is 10.9 Å². The van der Waals surface area contributed by atoms with Gasteiger partial charge in [0.25, 0.3) is 0 Å². The minimum absolute atomic E-state index is 0.00389. The molecule has 3 atom stereocenters. The van der Waals surface area contributed by atoms with Crippen LogP contribution in [-0.2, 0) is 14.3 Å². The number of hydrogen-bond acceptors (Lipinski definition) is 8. The van der Waals surface area contributed by atoms with Crippen molar-refractivity contribution >= 4 is 17.5 Å². The van der Waals surface area contributed by atoms with Gasteiger partial charge in [0.05, 0.1) is 38.4 Å². The van der Waals surface area contributed by atoms with Crippen LogP contribution in [0, 0.1) is 5.92 Å². The summed E-state index contributed by atoms with van der Waals surface area (Å²) in [5, 5.41) is 10.3. The molecule has 2 aromatic rings. The molecule has 1 unspecified atom stereocenters. The van der Waals surface area contributed by atoms with Crippen LogP contribution in [0.5, 0.6) is 23.0 Å². The van der Waals surface area contributed by atoms with E-state index in [1.807, 2.05) is 25.1 Å². The lowest BCUT2D eigenvalue weighted by atomic mass is 9.66. The largest absolute Gasteiger partial charge is 0.504 e. The molecule has 1 aliphatic heterocycles. The molecular formula is C30H35NO7. The van der Waals surface area contributed by atoms with E-state index in [1.165, 1.54) is 6.07 Å². The number of methoxy groups -OCH3 is 2. The van der Waals surface area contributed by atoms with Gasteiger partial charge in [-0.1, -0.05) is 12.1 Å². The summed E-state index contributed by atoms with van der Waals surface area (Å²) in [7, 11) is 3.17. The highest BCUT2D eigenvalue weighted by atomic mass is 16.5. The highest BCUT2D eigenvalue weighted by Crippen LogP contribution is 2.48. The van der Waals surface area contributed by atoms with Crippen molar-refractivity contribution in [3.05, 3.63) is 58.8 Å². The first kappa shape index (κ1) is 27.2. The second-order valence-corrected chi connectivity index (χ2v) is 9.86. The molecule has 0 saturated heterocycles. The number of rotatable bonds is 8. The zero-order valence-corrected chi connectivity index (χ0v) is 22.7. The van der Waals surface area contributed by atoms with E-state index >= 15 is 0 Å².